The number of nitrogens with zero attached hydrogens (tertiary/aromatic N) is 5. The highest BCUT2D eigenvalue weighted by Gasteiger charge is 2.27. The Morgan fingerprint density at radius 3 is 2.88 bits per heavy atom. The molecule has 4 rings (SSSR count). The first-order chi connectivity index (χ1) is 12.7. The normalized spacial score (nSPS) is 17.4. The fraction of sp³-hybridized carbons (Fsp3) is 0.421. The molecule has 7 nitrogen and oxygen atoms in total. The maximum Gasteiger partial charge on any atom is 0.133 e. The average molecular weight is 353 g/mol. The van der Waals surface area contributed by atoms with Crippen LogP contribution in [0.2, 0.25) is 0 Å². The molecular formula is C19H23N5O2. The zero-order valence-electron chi connectivity index (χ0n) is 15.1. The van der Waals surface area contributed by atoms with E-state index in [0.717, 1.165) is 48.3 Å². The van der Waals surface area contributed by atoms with Gasteiger partial charge < -0.3 is 13.8 Å². The number of hydrogen-bond acceptors (Lipinski definition) is 6. The number of imidazole rings is 1. The Kier molecular flexibility index (Phi) is 4.81. The first kappa shape index (κ1) is 16.9. The standard InChI is InChI=1S/C19H23N5O2/c1-14-9-17(22-26-14)11-23-7-8-24-18(10-21-19(24)15(23)2)13-25-12-16-5-3-4-6-20-16/h3-6,9-10,15H,7-8,11-13H2,1-2H3/t15-/m0/s1. The van der Waals surface area contributed by atoms with E-state index in [1.165, 1.54) is 0 Å². The first-order valence-corrected chi connectivity index (χ1v) is 8.89. The van der Waals surface area contributed by atoms with Crippen LogP contribution in [0.4, 0.5) is 0 Å². The van der Waals surface area contributed by atoms with Crippen LogP contribution < -0.4 is 0 Å². The van der Waals surface area contributed by atoms with Gasteiger partial charge in [0.1, 0.15) is 11.6 Å². The molecule has 0 aliphatic carbocycles. The second kappa shape index (κ2) is 7.39. The topological polar surface area (TPSA) is 69.2 Å². The zero-order valence-corrected chi connectivity index (χ0v) is 15.1. The van der Waals surface area contributed by atoms with E-state index in [1.54, 1.807) is 6.20 Å². The minimum Gasteiger partial charge on any atom is -0.369 e. The second-order valence-corrected chi connectivity index (χ2v) is 6.65. The third-order valence-electron chi connectivity index (χ3n) is 4.77. The van der Waals surface area contributed by atoms with E-state index in [-0.39, 0.29) is 6.04 Å². The van der Waals surface area contributed by atoms with Crippen molar-refractivity contribution >= 4 is 0 Å². The summed E-state index contributed by atoms with van der Waals surface area (Å²) in [5.41, 5.74) is 3.02. The number of aryl methyl sites for hydroxylation is 1. The molecule has 0 fully saturated rings. The molecule has 0 N–H and O–H groups in total. The first-order valence-electron chi connectivity index (χ1n) is 8.89. The molecule has 3 aromatic rings. The van der Waals surface area contributed by atoms with E-state index in [9.17, 15) is 0 Å². The van der Waals surface area contributed by atoms with Crippen LogP contribution in [-0.4, -0.2) is 31.1 Å². The van der Waals surface area contributed by atoms with Crippen LogP contribution >= 0.6 is 0 Å². The van der Waals surface area contributed by atoms with Gasteiger partial charge in [-0.1, -0.05) is 11.2 Å². The van der Waals surface area contributed by atoms with E-state index in [0.29, 0.717) is 13.2 Å². The number of rotatable bonds is 6. The predicted molar refractivity (Wildman–Crippen MR) is 95.0 cm³/mol. The van der Waals surface area contributed by atoms with Gasteiger partial charge in [0.05, 0.1) is 42.5 Å². The van der Waals surface area contributed by atoms with Crippen molar-refractivity contribution in [1.29, 1.82) is 0 Å². The van der Waals surface area contributed by atoms with Crippen molar-refractivity contribution < 1.29 is 9.26 Å². The molecule has 0 amide bonds. The summed E-state index contributed by atoms with van der Waals surface area (Å²) in [6, 6.07) is 8.07. The van der Waals surface area contributed by atoms with Crippen LogP contribution in [0.3, 0.4) is 0 Å². The SMILES string of the molecule is Cc1cc(CN2CCn3c(COCc4ccccn4)cnc3[C@@H]2C)no1. The molecule has 0 bridgehead atoms. The number of pyridine rings is 1. The van der Waals surface area contributed by atoms with Crippen LogP contribution in [0.25, 0.3) is 0 Å². The predicted octanol–water partition coefficient (Wildman–Crippen LogP) is 2.87. The third kappa shape index (κ3) is 3.54. The molecule has 0 aromatic carbocycles. The van der Waals surface area contributed by atoms with Crippen molar-refractivity contribution in [3.8, 4) is 0 Å². The molecule has 0 saturated carbocycles. The lowest BCUT2D eigenvalue weighted by atomic mass is 10.2. The van der Waals surface area contributed by atoms with Crippen molar-refractivity contribution in [2.75, 3.05) is 6.54 Å². The van der Waals surface area contributed by atoms with Gasteiger partial charge in [-0.3, -0.25) is 9.88 Å². The lowest BCUT2D eigenvalue weighted by Gasteiger charge is -2.33. The summed E-state index contributed by atoms with van der Waals surface area (Å²) in [6.45, 7) is 7.77. The molecule has 0 saturated heterocycles. The minimum absolute atomic E-state index is 0.227. The van der Waals surface area contributed by atoms with E-state index >= 15 is 0 Å². The fourth-order valence-electron chi connectivity index (χ4n) is 3.38. The van der Waals surface area contributed by atoms with Crippen molar-refractivity contribution in [1.82, 2.24) is 24.6 Å². The smallest absolute Gasteiger partial charge is 0.133 e. The second-order valence-electron chi connectivity index (χ2n) is 6.65. The fourth-order valence-corrected chi connectivity index (χ4v) is 3.38. The molecule has 136 valence electrons. The molecule has 1 atom stereocenters. The summed E-state index contributed by atoms with van der Waals surface area (Å²) < 4.78 is 13.3. The molecule has 0 unspecified atom stereocenters. The van der Waals surface area contributed by atoms with Gasteiger partial charge in [-0.15, -0.1) is 0 Å². The van der Waals surface area contributed by atoms with Gasteiger partial charge in [-0.2, -0.15) is 0 Å². The molecule has 3 aromatic heterocycles. The Morgan fingerprint density at radius 1 is 1.19 bits per heavy atom. The molecular weight excluding hydrogens is 330 g/mol. The summed E-state index contributed by atoms with van der Waals surface area (Å²) in [6.07, 6.45) is 3.71. The number of fused-ring (bicyclic) bond motifs is 1. The molecule has 1 aliphatic rings. The molecule has 0 spiro atoms. The Hall–Kier alpha value is -2.51. The molecule has 7 heteroatoms. The van der Waals surface area contributed by atoms with Crippen LogP contribution in [0, 0.1) is 6.92 Å². The molecule has 1 aliphatic heterocycles. The number of ether oxygens (including phenoxy) is 1. The number of aromatic nitrogens is 4. The van der Waals surface area contributed by atoms with E-state index in [4.69, 9.17) is 9.26 Å². The molecule has 0 radical (unpaired) electrons. The Balaban J connectivity index is 1.39. The summed E-state index contributed by atoms with van der Waals surface area (Å²) >= 11 is 0. The van der Waals surface area contributed by atoms with Gasteiger partial charge in [0, 0.05) is 31.9 Å². The summed E-state index contributed by atoms with van der Waals surface area (Å²) in [7, 11) is 0. The zero-order chi connectivity index (χ0) is 17.9. The highest BCUT2D eigenvalue weighted by atomic mass is 16.5. The summed E-state index contributed by atoms with van der Waals surface area (Å²) in [4.78, 5) is 11.3. The van der Waals surface area contributed by atoms with E-state index in [1.807, 2.05) is 37.4 Å². The Labute approximate surface area is 152 Å². The van der Waals surface area contributed by atoms with Crippen molar-refractivity contribution in [2.45, 2.75) is 46.2 Å². The summed E-state index contributed by atoms with van der Waals surface area (Å²) in [5, 5.41) is 4.11. The van der Waals surface area contributed by atoms with Crippen LogP contribution in [0.1, 0.15) is 41.6 Å². The van der Waals surface area contributed by atoms with Crippen molar-refractivity contribution in [3.63, 3.8) is 0 Å². The van der Waals surface area contributed by atoms with Crippen LogP contribution in [0.5, 0.6) is 0 Å². The molecule has 26 heavy (non-hydrogen) atoms. The van der Waals surface area contributed by atoms with Crippen LogP contribution in [0.15, 0.2) is 41.2 Å². The highest BCUT2D eigenvalue weighted by Crippen LogP contribution is 2.27. The lowest BCUT2D eigenvalue weighted by Crippen LogP contribution is -2.37. The Bertz CT molecular complexity index is 858. The van der Waals surface area contributed by atoms with Gasteiger partial charge in [-0.25, -0.2) is 4.98 Å². The average Bonchev–Trinajstić information content (AvgIpc) is 3.25. The summed E-state index contributed by atoms with van der Waals surface area (Å²) in [5.74, 6) is 1.92. The van der Waals surface area contributed by atoms with Gasteiger partial charge in [0.2, 0.25) is 0 Å². The largest absolute Gasteiger partial charge is 0.369 e. The quantitative estimate of drug-likeness (QED) is 0.679. The van der Waals surface area contributed by atoms with Gasteiger partial charge in [0.15, 0.2) is 0 Å². The van der Waals surface area contributed by atoms with Crippen molar-refractivity contribution in [2.24, 2.45) is 0 Å². The highest BCUT2D eigenvalue weighted by molar-refractivity contribution is 5.12. The monoisotopic (exact) mass is 353 g/mol. The van der Waals surface area contributed by atoms with Gasteiger partial charge in [-0.05, 0) is 26.0 Å². The minimum atomic E-state index is 0.227. The molecule has 4 heterocycles. The van der Waals surface area contributed by atoms with Gasteiger partial charge >= 0.3 is 0 Å². The van der Waals surface area contributed by atoms with E-state index in [2.05, 4.69) is 31.5 Å². The number of hydrogen-bond donors (Lipinski definition) is 0. The maximum absolute atomic E-state index is 5.83. The third-order valence-corrected chi connectivity index (χ3v) is 4.77. The van der Waals surface area contributed by atoms with Gasteiger partial charge in [0.25, 0.3) is 0 Å². The maximum atomic E-state index is 5.83. The van der Waals surface area contributed by atoms with Crippen LogP contribution in [-0.2, 0) is 31.0 Å². The van der Waals surface area contributed by atoms with E-state index < -0.39 is 0 Å². The van der Waals surface area contributed by atoms with Crippen molar-refractivity contribution in [3.05, 3.63) is 65.3 Å². The lowest BCUT2D eigenvalue weighted by molar-refractivity contribution is 0.0946. The Morgan fingerprint density at radius 2 is 2.12 bits per heavy atom.